The molecule has 1 atom stereocenters. The summed E-state index contributed by atoms with van der Waals surface area (Å²) in [5.41, 5.74) is 2.30. The fourth-order valence-corrected chi connectivity index (χ4v) is 2.59. The number of hydrogen-bond acceptors (Lipinski definition) is 2. The maximum atomic E-state index is 12.0. The van der Waals surface area contributed by atoms with Crippen molar-refractivity contribution in [2.45, 2.75) is 38.8 Å². The van der Waals surface area contributed by atoms with Crippen molar-refractivity contribution < 1.29 is 9.59 Å². The predicted molar refractivity (Wildman–Crippen MR) is 82.6 cm³/mol. The Balaban J connectivity index is 1.98. The molecule has 4 nitrogen and oxygen atoms in total. The van der Waals surface area contributed by atoms with E-state index in [9.17, 15) is 9.59 Å². The fraction of sp³-hybridized carbons (Fsp3) is 0.412. The van der Waals surface area contributed by atoms with Crippen LogP contribution in [-0.2, 0) is 16.1 Å². The number of hydrogen-bond donors (Lipinski definition) is 1. The third kappa shape index (κ3) is 4.18. The van der Waals surface area contributed by atoms with Crippen LogP contribution in [0.2, 0.25) is 0 Å². The highest BCUT2D eigenvalue weighted by Crippen LogP contribution is 2.24. The van der Waals surface area contributed by atoms with Gasteiger partial charge in [0.1, 0.15) is 0 Å². The second kappa shape index (κ2) is 7.07. The normalized spacial score (nSPS) is 17.9. The number of carbonyl (C=O) groups excluding carboxylic acids is 2. The Hall–Kier alpha value is -2.10. The second-order valence-corrected chi connectivity index (χ2v) is 5.50. The van der Waals surface area contributed by atoms with E-state index < -0.39 is 0 Å². The van der Waals surface area contributed by atoms with E-state index in [4.69, 9.17) is 0 Å². The minimum Gasteiger partial charge on any atom is -0.353 e. The van der Waals surface area contributed by atoms with Crippen LogP contribution in [0.1, 0.15) is 30.4 Å². The van der Waals surface area contributed by atoms with Gasteiger partial charge in [0.25, 0.3) is 0 Å². The van der Waals surface area contributed by atoms with Gasteiger partial charge in [0.2, 0.25) is 11.8 Å². The van der Waals surface area contributed by atoms with Crippen molar-refractivity contribution in [1.29, 1.82) is 0 Å². The zero-order valence-corrected chi connectivity index (χ0v) is 12.5. The van der Waals surface area contributed by atoms with Gasteiger partial charge in [0, 0.05) is 32.0 Å². The number of aryl methyl sites for hydroxylation is 1. The van der Waals surface area contributed by atoms with E-state index in [1.54, 1.807) is 6.08 Å². The quantitative estimate of drug-likeness (QED) is 0.815. The van der Waals surface area contributed by atoms with E-state index in [1.165, 1.54) is 5.56 Å². The van der Waals surface area contributed by atoms with Crippen molar-refractivity contribution in [3.8, 4) is 0 Å². The lowest BCUT2D eigenvalue weighted by molar-refractivity contribution is -0.130. The number of likely N-dealkylation sites (tertiary alicyclic amines) is 1. The molecule has 0 spiro atoms. The molecule has 112 valence electrons. The summed E-state index contributed by atoms with van der Waals surface area (Å²) in [6.07, 6.45) is 3.31. The summed E-state index contributed by atoms with van der Waals surface area (Å²) in [6, 6.07) is 8.16. The minimum atomic E-state index is -0.0245. The number of benzene rings is 1. The average Bonchev–Trinajstić information content (AvgIpc) is 2.80. The molecule has 1 aromatic carbocycles. The van der Waals surface area contributed by atoms with Crippen LogP contribution in [0.5, 0.6) is 0 Å². The zero-order valence-electron chi connectivity index (χ0n) is 12.5. The molecule has 2 rings (SSSR count). The van der Waals surface area contributed by atoms with Gasteiger partial charge in [-0.1, -0.05) is 35.9 Å². The topological polar surface area (TPSA) is 49.4 Å². The SMILES string of the molecule is C=CCNC(=O)CC1CCC(=O)N1Cc1ccc(C)cc1. The Morgan fingerprint density at radius 3 is 2.81 bits per heavy atom. The Morgan fingerprint density at radius 1 is 1.43 bits per heavy atom. The van der Waals surface area contributed by atoms with Gasteiger partial charge < -0.3 is 10.2 Å². The van der Waals surface area contributed by atoms with Crippen molar-refractivity contribution in [3.63, 3.8) is 0 Å². The third-order valence-electron chi connectivity index (χ3n) is 3.79. The Morgan fingerprint density at radius 2 is 2.14 bits per heavy atom. The van der Waals surface area contributed by atoms with Crippen LogP contribution in [0.3, 0.4) is 0 Å². The molecule has 0 radical (unpaired) electrons. The van der Waals surface area contributed by atoms with Crippen LogP contribution < -0.4 is 5.32 Å². The van der Waals surface area contributed by atoms with Crippen molar-refractivity contribution in [2.75, 3.05) is 6.54 Å². The first kappa shape index (κ1) is 15.3. The summed E-state index contributed by atoms with van der Waals surface area (Å²) in [7, 11) is 0. The molecule has 1 aromatic rings. The lowest BCUT2D eigenvalue weighted by Gasteiger charge is -2.24. The van der Waals surface area contributed by atoms with Crippen LogP contribution in [0.4, 0.5) is 0 Å². The van der Waals surface area contributed by atoms with E-state index in [0.717, 1.165) is 12.0 Å². The molecule has 1 aliphatic rings. The lowest BCUT2D eigenvalue weighted by atomic mass is 10.1. The van der Waals surface area contributed by atoms with E-state index in [2.05, 4.69) is 11.9 Å². The molecular weight excluding hydrogens is 264 g/mol. The van der Waals surface area contributed by atoms with E-state index in [0.29, 0.717) is 25.9 Å². The van der Waals surface area contributed by atoms with E-state index in [1.807, 2.05) is 36.1 Å². The largest absolute Gasteiger partial charge is 0.353 e. The minimum absolute atomic E-state index is 0.00335. The summed E-state index contributed by atoms with van der Waals surface area (Å²) in [6.45, 7) is 6.67. The van der Waals surface area contributed by atoms with Crippen molar-refractivity contribution in [2.24, 2.45) is 0 Å². The van der Waals surface area contributed by atoms with Crippen LogP contribution in [-0.4, -0.2) is 29.3 Å². The molecule has 0 bridgehead atoms. The number of rotatable bonds is 6. The summed E-state index contributed by atoms with van der Waals surface area (Å²) >= 11 is 0. The first-order valence-electron chi connectivity index (χ1n) is 7.32. The predicted octanol–water partition coefficient (Wildman–Crippen LogP) is 2.18. The maximum absolute atomic E-state index is 12.0. The Kier molecular flexibility index (Phi) is 5.14. The Labute approximate surface area is 125 Å². The molecule has 0 aromatic heterocycles. The van der Waals surface area contributed by atoms with Crippen molar-refractivity contribution >= 4 is 11.8 Å². The fourth-order valence-electron chi connectivity index (χ4n) is 2.59. The van der Waals surface area contributed by atoms with Crippen LogP contribution >= 0.6 is 0 Å². The summed E-state index contributed by atoms with van der Waals surface area (Å²) in [5, 5.41) is 2.77. The lowest BCUT2D eigenvalue weighted by Crippen LogP contribution is -2.37. The van der Waals surface area contributed by atoms with Crippen molar-refractivity contribution in [1.82, 2.24) is 10.2 Å². The molecule has 0 saturated carbocycles. The first-order valence-corrected chi connectivity index (χ1v) is 7.32. The number of amides is 2. The second-order valence-electron chi connectivity index (χ2n) is 5.50. The highest BCUT2D eigenvalue weighted by Gasteiger charge is 2.32. The molecule has 1 heterocycles. The smallest absolute Gasteiger partial charge is 0.223 e. The van der Waals surface area contributed by atoms with Crippen LogP contribution in [0, 0.1) is 6.92 Å². The molecule has 2 amide bonds. The standard InChI is InChI=1S/C17H22N2O2/c1-3-10-18-16(20)11-15-8-9-17(21)19(15)12-14-6-4-13(2)5-7-14/h3-7,15H,1,8-12H2,2H3,(H,18,20). The molecular formula is C17H22N2O2. The summed E-state index contributed by atoms with van der Waals surface area (Å²) in [5.74, 6) is 0.112. The molecule has 1 saturated heterocycles. The van der Waals surface area contributed by atoms with E-state index in [-0.39, 0.29) is 17.9 Å². The van der Waals surface area contributed by atoms with Gasteiger partial charge in [-0.25, -0.2) is 0 Å². The number of nitrogens with one attached hydrogen (secondary N) is 1. The van der Waals surface area contributed by atoms with Gasteiger partial charge in [-0.15, -0.1) is 6.58 Å². The summed E-state index contributed by atoms with van der Waals surface area (Å²) < 4.78 is 0. The maximum Gasteiger partial charge on any atom is 0.223 e. The number of nitrogens with zero attached hydrogens (tertiary/aromatic N) is 1. The van der Waals surface area contributed by atoms with Crippen LogP contribution in [0.15, 0.2) is 36.9 Å². The van der Waals surface area contributed by atoms with Gasteiger partial charge in [-0.3, -0.25) is 9.59 Å². The zero-order chi connectivity index (χ0) is 15.2. The average molecular weight is 286 g/mol. The van der Waals surface area contributed by atoms with Gasteiger partial charge in [-0.2, -0.15) is 0 Å². The monoisotopic (exact) mass is 286 g/mol. The van der Waals surface area contributed by atoms with Gasteiger partial charge >= 0.3 is 0 Å². The molecule has 1 N–H and O–H groups in total. The molecule has 1 unspecified atom stereocenters. The van der Waals surface area contributed by atoms with Crippen molar-refractivity contribution in [3.05, 3.63) is 48.0 Å². The first-order chi connectivity index (χ1) is 10.1. The molecule has 0 aliphatic carbocycles. The molecule has 4 heteroatoms. The summed E-state index contributed by atoms with van der Waals surface area (Å²) in [4.78, 5) is 25.7. The Bertz CT molecular complexity index is 522. The highest BCUT2D eigenvalue weighted by molar-refractivity contribution is 5.82. The third-order valence-corrected chi connectivity index (χ3v) is 3.79. The molecule has 1 fully saturated rings. The highest BCUT2D eigenvalue weighted by atomic mass is 16.2. The number of carbonyl (C=O) groups is 2. The molecule has 21 heavy (non-hydrogen) atoms. The van der Waals surface area contributed by atoms with Crippen LogP contribution in [0.25, 0.3) is 0 Å². The molecule has 1 aliphatic heterocycles. The van der Waals surface area contributed by atoms with Gasteiger partial charge in [0.05, 0.1) is 0 Å². The van der Waals surface area contributed by atoms with Gasteiger partial charge in [0.15, 0.2) is 0 Å². The van der Waals surface area contributed by atoms with E-state index >= 15 is 0 Å². The van der Waals surface area contributed by atoms with Gasteiger partial charge in [-0.05, 0) is 18.9 Å².